The molecule has 0 radical (unpaired) electrons. The van der Waals surface area contributed by atoms with Crippen LogP contribution in [-0.4, -0.2) is 60.7 Å². The maximum atomic E-state index is 13.0. The van der Waals surface area contributed by atoms with Gasteiger partial charge >= 0.3 is 6.18 Å². The first-order chi connectivity index (χ1) is 14.9. The van der Waals surface area contributed by atoms with Crippen LogP contribution in [0.5, 0.6) is 0 Å². The molecule has 1 saturated heterocycles. The quantitative estimate of drug-likeness (QED) is 0.725. The van der Waals surface area contributed by atoms with Crippen molar-refractivity contribution in [2.45, 2.75) is 37.9 Å². The summed E-state index contributed by atoms with van der Waals surface area (Å²) >= 11 is 0. The summed E-state index contributed by atoms with van der Waals surface area (Å²) in [5.41, 5.74) is 0.0994. The largest absolute Gasteiger partial charge is 0.416 e. The van der Waals surface area contributed by atoms with Crippen molar-refractivity contribution < 1.29 is 26.4 Å². The van der Waals surface area contributed by atoms with Crippen molar-refractivity contribution in [3.05, 3.63) is 53.2 Å². The lowest BCUT2D eigenvalue weighted by Gasteiger charge is -2.39. The lowest BCUT2D eigenvalue weighted by atomic mass is 10.1. The Kier molecular flexibility index (Phi) is 6.80. The molecule has 0 bridgehead atoms. The van der Waals surface area contributed by atoms with Crippen LogP contribution in [0.25, 0.3) is 0 Å². The molecule has 1 atom stereocenters. The van der Waals surface area contributed by atoms with E-state index in [-0.39, 0.29) is 30.4 Å². The van der Waals surface area contributed by atoms with Crippen molar-refractivity contribution in [1.82, 2.24) is 14.2 Å². The highest BCUT2D eigenvalue weighted by molar-refractivity contribution is 7.89. The van der Waals surface area contributed by atoms with Gasteiger partial charge in [0, 0.05) is 32.2 Å². The van der Waals surface area contributed by atoms with E-state index in [0.717, 1.165) is 24.3 Å². The van der Waals surface area contributed by atoms with Gasteiger partial charge in [-0.1, -0.05) is 0 Å². The summed E-state index contributed by atoms with van der Waals surface area (Å²) in [5, 5.41) is 3.08. The molecule has 2 heterocycles. The third kappa shape index (κ3) is 4.88. The molecule has 0 saturated carbocycles. The second kappa shape index (κ2) is 9.07. The molecule has 3 rings (SSSR count). The molecule has 2 aromatic rings. The molecule has 1 aromatic heterocycles. The number of piperazine rings is 1. The van der Waals surface area contributed by atoms with E-state index in [1.807, 2.05) is 6.92 Å². The van der Waals surface area contributed by atoms with E-state index in [4.69, 9.17) is 0 Å². The number of anilines is 1. The van der Waals surface area contributed by atoms with Crippen molar-refractivity contribution in [3.63, 3.8) is 0 Å². The van der Waals surface area contributed by atoms with Crippen LogP contribution in [0.2, 0.25) is 0 Å². The molecular formula is C21H25F3N4O3S. The maximum Gasteiger partial charge on any atom is 0.416 e. The molecular weight excluding hydrogens is 445 g/mol. The Balaban J connectivity index is 1.74. The first-order valence-electron chi connectivity index (χ1n) is 10.1. The molecule has 0 unspecified atom stereocenters. The number of alkyl halides is 3. The number of benzene rings is 1. The monoisotopic (exact) mass is 470 g/mol. The normalized spacial score (nSPS) is 17.9. The number of halogens is 3. The van der Waals surface area contributed by atoms with Crippen LogP contribution < -0.4 is 5.32 Å². The molecule has 1 aromatic carbocycles. The van der Waals surface area contributed by atoms with Gasteiger partial charge in [0.1, 0.15) is 5.82 Å². The third-order valence-corrected chi connectivity index (χ3v) is 7.22. The topological polar surface area (TPSA) is 82.6 Å². The third-order valence-electron chi connectivity index (χ3n) is 5.34. The highest BCUT2D eigenvalue weighted by atomic mass is 32.2. The van der Waals surface area contributed by atoms with Crippen molar-refractivity contribution >= 4 is 21.7 Å². The smallest absolute Gasteiger partial charge is 0.370 e. The van der Waals surface area contributed by atoms with Crippen LogP contribution in [-0.2, 0) is 16.2 Å². The Labute approximate surface area is 185 Å². The second-order valence-corrected chi connectivity index (χ2v) is 9.53. The Morgan fingerprint density at radius 2 is 1.81 bits per heavy atom. The molecule has 1 amide bonds. The molecule has 174 valence electrons. The van der Waals surface area contributed by atoms with E-state index in [9.17, 15) is 26.4 Å². The van der Waals surface area contributed by atoms with E-state index < -0.39 is 27.8 Å². The van der Waals surface area contributed by atoms with Gasteiger partial charge in [0.05, 0.1) is 21.7 Å². The second-order valence-electron chi connectivity index (χ2n) is 7.59. The fourth-order valence-corrected chi connectivity index (χ4v) is 5.14. The fraction of sp³-hybridized carbons (Fsp3) is 0.429. The Morgan fingerprint density at radius 1 is 1.16 bits per heavy atom. The number of hydrogen-bond donors (Lipinski definition) is 1. The summed E-state index contributed by atoms with van der Waals surface area (Å²) in [5.74, 6) is 0.430. The Bertz CT molecular complexity index is 1090. The summed E-state index contributed by atoms with van der Waals surface area (Å²) in [7, 11) is -3.98. The predicted octanol–water partition coefficient (Wildman–Crippen LogP) is 3.38. The van der Waals surface area contributed by atoms with E-state index in [1.165, 1.54) is 4.31 Å². The lowest BCUT2D eigenvalue weighted by molar-refractivity contribution is -0.137. The van der Waals surface area contributed by atoms with E-state index in [1.54, 1.807) is 30.9 Å². The number of nitrogens with one attached hydrogen (secondary N) is 1. The highest BCUT2D eigenvalue weighted by Crippen LogP contribution is 2.30. The van der Waals surface area contributed by atoms with Gasteiger partial charge in [-0.2, -0.15) is 17.5 Å². The standard InChI is InChI=1S/C21H25F3N4O3S/c1-4-25-19-10-9-18(15(3)26-19)20(29)28-12-11-27(13-14(28)2)32(30,31)17-7-5-16(6-8-17)21(22,23)24/h5-10,14H,4,11-13H2,1-3H3,(H,25,26)/t14-/m0/s1. The minimum Gasteiger partial charge on any atom is -0.370 e. The summed E-state index contributed by atoms with van der Waals surface area (Å²) in [6, 6.07) is 6.42. The molecule has 1 N–H and O–H groups in total. The Morgan fingerprint density at radius 3 is 2.34 bits per heavy atom. The van der Waals surface area contributed by atoms with Crippen LogP contribution in [0.1, 0.15) is 35.5 Å². The molecule has 1 aliphatic heterocycles. The van der Waals surface area contributed by atoms with Crippen LogP contribution >= 0.6 is 0 Å². The van der Waals surface area contributed by atoms with Crippen molar-refractivity contribution in [2.24, 2.45) is 0 Å². The van der Waals surface area contributed by atoms with Crippen LogP contribution in [0.3, 0.4) is 0 Å². The van der Waals surface area contributed by atoms with Crippen molar-refractivity contribution in [1.29, 1.82) is 0 Å². The van der Waals surface area contributed by atoms with E-state index in [0.29, 0.717) is 23.6 Å². The lowest BCUT2D eigenvalue weighted by Crippen LogP contribution is -2.55. The van der Waals surface area contributed by atoms with E-state index in [2.05, 4.69) is 10.3 Å². The zero-order valence-corrected chi connectivity index (χ0v) is 18.8. The number of carbonyl (C=O) groups excluding carboxylic acids is 1. The van der Waals surface area contributed by atoms with Crippen molar-refractivity contribution in [3.8, 4) is 0 Å². The average molecular weight is 471 g/mol. The van der Waals surface area contributed by atoms with Crippen LogP contribution in [0, 0.1) is 6.92 Å². The Hall–Kier alpha value is -2.66. The first-order valence-corrected chi connectivity index (χ1v) is 11.6. The molecule has 7 nitrogen and oxygen atoms in total. The number of amides is 1. The van der Waals surface area contributed by atoms with Gasteiger partial charge in [0.25, 0.3) is 5.91 Å². The van der Waals surface area contributed by atoms with Gasteiger partial charge in [-0.25, -0.2) is 13.4 Å². The number of sulfonamides is 1. The van der Waals surface area contributed by atoms with Gasteiger partial charge in [-0.05, 0) is 57.2 Å². The van der Waals surface area contributed by atoms with Crippen molar-refractivity contribution in [2.75, 3.05) is 31.5 Å². The van der Waals surface area contributed by atoms with Gasteiger partial charge in [0.15, 0.2) is 0 Å². The highest BCUT2D eigenvalue weighted by Gasteiger charge is 2.36. The fourth-order valence-electron chi connectivity index (χ4n) is 3.63. The zero-order chi connectivity index (χ0) is 23.7. The molecule has 0 aliphatic carbocycles. The minimum absolute atomic E-state index is 0.0387. The summed E-state index contributed by atoms with van der Waals surface area (Å²) in [6.07, 6.45) is -4.54. The number of carbonyl (C=O) groups is 1. The molecule has 0 spiro atoms. The van der Waals surface area contributed by atoms with Gasteiger partial charge in [-0.15, -0.1) is 0 Å². The van der Waals surface area contributed by atoms with Gasteiger partial charge < -0.3 is 10.2 Å². The minimum atomic E-state index is -4.54. The van der Waals surface area contributed by atoms with Crippen LogP contribution in [0.15, 0.2) is 41.3 Å². The SMILES string of the molecule is CCNc1ccc(C(=O)N2CCN(S(=O)(=O)c3ccc(C(F)(F)F)cc3)C[C@@H]2C)c(C)n1. The summed E-state index contributed by atoms with van der Waals surface area (Å²) in [6.45, 7) is 6.36. The number of hydrogen-bond acceptors (Lipinski definition) is 5. The molecule has 1 fully saturated rings. The molecule has 32 heavy (non-hydrogen) atoms. The van der Waals surface area contributed by atoms with Gasteiger partial charge in [-0.3, -0.25) is 4.79 Å². The first kappa shape index (κ1) is 24.0. The number of rotatable bonds is 5. The van der Waals surface area contributed by atoms with E-state index >= 15 is 0 Å². The number of aromatic nitrogens is 1. The number of pyridine rings is 1. The number of aryl methyl sites for hydroxylation is 1. The van der Waals surface area contributed by atoms with Crippen LogP contribution in [0.4, 0.5) is 19.0 Å². The predicted molar refractivity (Wildman–Crippen MR) is 114 cm³/mol. The zero-order valence-electron chi connectivity index (χ0n) is 18.0. The summed E-state index contributed by atoms with van der Waals surface area (Å²) < 4.78 is 65.3. The summed E-state index contributed by atoms with van der Waals surface area (Å²) in [4.78, 5) is 18.8. The molecule has 1 aliphatic rings. The maximum absolute atomic E-state index is 13.0. The number of nitrogens with zero attached hydrogens (tertiary/aromatic N) is 3. The van der Waals surface area contributed by atoms with Gasteiger partial charge in [0.2, 0.25) is 10.0 Å². The average Bonchev–Trinajstić information content (AvgIpc) is 2.73. The molecule has 11 heteroatoms.